The predicted molar refractivity (Wildman–Crippen MR) is 89.0 cm³/mol. The van der Waals surface area contributed by atoms with Gasteiger partial charge in [-0.1, -0.05) is 51.8 Å². The number of ether oxygens (including phenoxy) is 2. The molecule has 112 valence electrons. The van der Waals surface area contributed by atoms with Crippen LogP contribution in [0, 0.1) is 0 Å². The van der Waals surface area contributed by atoms with Crippen LogP contribution in [0.3, 0.4) is 0 Å². The van der Waals surface area contributed by atoms with Gasteiger partial charge < -0.3 is 15.2 Å². The summed E-state index contributed by atoms with van der Waals surface area (Å²) >= 11 is 9.68. The van der Waals surface area contributed by atoms with Gasteiger partial charge in [0.2, 0.25) is 0 Å². The molecule has 1 unspecified atom stereocenters. The summed E-state index contributed by atoms with van der Waals surface area (Å²) < 4.78 is 11.6. The zero-order valence-electron chi connectivity index (χ0n) is 11.7. The molecule has 0 bridgehead atoms. The SMILES string of the molecule is COCCOc1ccccc1C(N)c1ccc(Br)cc1Cl. The molecule has 0 aliphatic heterocycles. The molecule has 21 heavy (non-hydrogen) atoms. The summed E-state index contributed by atoms with van der Waals surface area (Å²) in [5.41, 5.74) is 8.13. The fourth-order valence-electron chi connectivity index (χ4n) is 2.03. The standard InChI is InChI=1S/C16H17BrClNO2/c1-20-8-9-21-15-5-3-2-4-13(15)16(19)12-7-6-11(17)10-14(12)18/h2-7,10,16H,8-9,19H2,1H3. The van der Waals surface area contributed by atoms with Gasteiger partial charge in [-0.05, 0) is 23.8 Å². The first-order chi connectivity index (χ1) is 10.1. The fourth-order valence-corrected chi connectivity index (χ4v) is 2.82. The van der Waals surface area contributed by atoms with Crippen LogP contribution < -0.4 is 10.5 Å². The van der Waals surface area contributed by atoms with Gasteiger partial charge in [-0.3, -0.25) is 0 Å². The zero-order chi connectivity index (χ0) is 15.2. The van der Waals surface area contributed by atoms with Gasteiger partial charge in [0.15, 0.2) is 0 Å². The second kappa shape index (κ2) is 7.80. The number of hydrogen-bond acceptors (Lipinski definition) is 3. The molecular weight excluding hydrogens is 354 g/mol. The Kier molecular flexibility index (Phi) is 6.06. The van der Waals surface area contributed by atoms with Gasteiger partial charge >= 0.3 is 0 Å². The Bertz CT molecular complexity index is 607. The van der Waals surface area contributed by atoms with Crippen molar-refractivity contribution in [3.8, 4) is 5.75 Å². The van der Waals surface area contributed by atoms with Crippen LogP contribution in [0.15, 0.2) is 46.9 Å². The molecule has 0 amide bonds. The number of rotatable bonds is 6. The monoisotopic (exact) mass is 369 g/mol. The predicted octanol–water partition coefficient (Wildman–Crippen LogP) is 4.18. The van der Waals surface area contributed by atoms with Gasteiger partial charge in [0.25, 0.3) is 0 Å². The third-order valence-corrected chi connectivity index (χ3v) is 3.92. The molecular formula is C16H17BrClNO2. The van der Waals surface area contributed by atoms with Crippen LogP contribution >= 0.6 is 27.5 Å². The van der Waals surface area contributed by atoms with Crippen LogP contribution in [0.25, 0.3) is 0 Å². The Hall–Kier alpha value is -1.07. The van der Waals surface area contributed by atoms with E-state index in [2.05, 4.69) is 15.9 Å². The maximum absolute atomic E-state index is 6.36. The highest BCUT2D eigenvalue weighted by Gasteiger charge is 2.16. The lowest BCUT2D eigenvalue weighted by Gasteiger charge is -2.18. The second-order valence-electron chi connectivity index (χ2n) is 4.52. The Morgan fingerprint density at radius 3 is 2.62 bits per heavy atom. The highest BCUT2D eigenvalue weighted by atomic mass is 79.9. The number of hydrogen-bond donors (Lipinski definition) is 1. The molecule has 0 radical (unpaired) electrons. The summed E-state index contributed by atoms with van der Waals surface area (Å²) in [6, 6.07) is 13.0. The maximum Gasteiger partial charge on any atom is 0.124 e. The molecule has 0 aromatic heterocycles. The quantitative estimate of drug-likeness (QED) is 0.776. The summed E-state index contributed by atoms with van der Waals surface area (Å²) in [6.07, 6.45) is 0. The van der Waals surface area contributed by atoms with E-state index in [1.807, 2.05) is 42.5 Å². The topological polar surface area (TPSA) is 44.5 Å². The van der Waals surface area contributed by atoms with Crippen molar-refractivity contribution >= 4 is 27.5 Å². The average Bonchev–Trinajstić information content (AvgIpc) is 2.47. The first-order valence-corrected chi connectivity index (χ1v) is 7.71. The molecule has 3 nitrogen and oxygen atoms in total. The van der Waals surface area contributed by atoms with Crippen molar-refractivity contribution in [2.24, 2.45) is 5.73 Å². The van der Waals surface area contributed by atoms with E-state index in [0.29, 0.717) is 18.2 Å². The summed E-state index contributed by atoms with van der Waals surface area (Å²) in [5, 5.41) is 0.628. The molecule has 2 rings (SSSR count). The summed E-state index contributed by atoms with van der Waals surface area (Å²) in [4.78, 5) is 0. The smallest absolute Gasteiger partial charge is 0.124 e. The number of para-hydroxylation sites is 1. The molecule has 0 heterocycles. The molecule has 2 aromatic carbocycles. The minimum atomic E-state index is -0.343. The van der Waals surface area contributed by atoms with Crippen molar-refractivity contribution in [1.29, 1.82) is 0 Å². The van der Waals surface area contributed by atoms with Gasteiger partial charge in [0.1, 0.15) is 12.4 Å². The van der Waals surface area contributed by atoms with Crippen LogP contribution in [-0.4, -0.2) is 20.3 Å². The number of methoxy groups -OCH3 is 1. The number of halogens is 2. The normalized spacial score (nSPS) is 12.2. The molecule has 0 saturated carbocycles. The summed E-state index contributed by atoms with van der Waals surface area (Å²) in [5.74, 6) is 0.751. The molecule has 5 heteroatoms. The van der Waals surface area contributed by atoms with Crippen LogP contribution in [-0.2, 0) is 4.74 Å². The third-order valence-electron chi connectivity index (χ3n) is 3.10. The van der Waals surface area contributed by atoms with E-state index in [-0.39, 0.29) is 6.04 Å². The number of nitrogens with two attached hydrogens (primary N) is 1. The first kappa shape index (κ1) is 16.3. The molecule has 1 atom stereocenters. The average molecular weight is 371 g/mol. The molecule has 0 spiro atoms. The number of benzene rings is 2. The minimum Gasteiger partial charge on any atom is -0.491 e. The fraction of sp³-hybridized carbons (Fsp3) is 0.250. The largest absolute Gasteiger partial charge is 0.491 e. The van der Waals surface area contributed by atoms with E-state index in [9.17, 15) is 0 Å². The molecule has 2 aromatic rings. The Labute approximate surface area is 138 Å². The van der Waals surface area contributed by atoms with Crippen molar-refractivity contribution < 1.29 is 9.47 Å². The van der Waals surface area contributed by atoms with Crippen molar-refractivity contribution in [2.75, 3.05) is 20.3 Å². The van der Waals surface area contributed by atoms with E-state index in [1.165, 1.54) is 0 Å². The first-order valence-electron chi connectivity index (χ1n) is 6.54. The lowest BCUT2D eigenvalue weighted by Crippen LogP contribution is -2.15. The molecule has 2 N–H and O–H groups in total. The van der Waals surface area contributed by atoms with Crippen LogP contribution in [0.4, 0.5) is 0 Å². The zero-order valence-corrected chi connectivity index (χ0v) is 14.0. The van der Waals surface area contributed by atoms with Gasteiger partial charge in [-0.15, -0.1) is 0 Å². The minimum absolute atomic E-state index is 0.343. The third kappa shape index (κ3) is 4.20. The van der Waals surface area contributed by atoms with Crippen LogP contribution in [0.5, 0.6) is 5.75 Å². The van der Waals surface area contributed by atoms with Gasteiger partial charge in [-0.2, -0.15) is 0 Å². The van der Waals surface area contributed by atoms with Crippen molar-refractivity contribution in [3.63, 3.8) is 0 Å². The molecule has 0 aliphatic carbocycles. The van der Waals surface area contributed by atoms with Gasteiger partial charge in [-0.25, -0.2) is 0 Å². The van der Waals surface area contributed by atoms with Gasteiger partial charge in [0.05, 0.1) is 12.6 Å². The summed E-state index contributed by atoms with van der Waals surface area (Å²) in [7, 11) is 1.64. The second-order valence-corrected chi connectivity index (χ2v) is 5.85. The van der Waals surface area contributed by atoms with Crippen molar-refractivity contribution in [3.05, 3.63) is 63.1 Å². The molecule has 0 fully saturated rings. The van der Waals surface area contributed by atoms with Crippen molar-refractivity contribution in [1.82, 2.24) is 0 Å². The maximum atomic E-state index is 6.36. The van der Waals surface area contributed by atoms with E-state index in [4.69, 9.17) is 26.8 Å². The highest BCUT2D eigenvalue weighted by molar-refractivity contribution is 9.10. The summed E-state index contributed by atoms with van der Waals surface area (Å²) in [6.45, 7) is 1.01. The lowest BCUT2D eigenvalue weighted by atomic mass is 9.99. The Balaban J connectivity index is 2.27. The van der Waals surface area contributed by atoms with E-state index in [0.717, 1.165) is 21.3 Å². The highest BCUT2D eigenvalue weighted by Crippen LogP contribution is 2.33. The molecule has 0 aliphatic rings. The van der Waals surface area contributed by atoms with Crippen LogP contribution in [0.2, 0.25) is 5.02 Å². The van der Waals surface area contributed by atoms with E-state index >= 15 is 0 Å². The van der Waals surface area contributed by atoms with Gasteiger partial charge in [0, 0.05) is 22.2 Å². The lowest BCUT2D eigenvalue weighted by molar-refractivity contribution is 0.145. The van der Waals surface area contributed by atoms with Crippen molar-refractivity contribution in [2.45, 2.75) is 6.04 Å². The Morgan fingerprint density at radius 1 is 1.14 bits per heavy atom. The van der Waals surface area contributed by atoms with E-state index in [1.54, 1.807) is 7.11 Å². The Morgan fingerprint density at radius 2 is 1.90 bits per heavy atom. The van der Waals surface area contributed by atoms with E-state index < -0.39 is 0 Å². The molecule has 0 saturated heterocycles. The van der Waals surface area contributed by atoms with Crippen LogP contribution in [0.1, 0.15) is 17.2 Å².